The molecule has 1 aromatic carbocycles. The summed E-state index contributed by atoms with van der Waals surface area (Å²) in [5, 5.41) is 2.84. The lowest BCUT2D eigenvalue weighted by Crippen LogP contribution is -2.32. The summed E-state index contributed by atoms with van der Waals surface area (Å²) in [6.45, 7) is 2.21. The van der Waals surface area contributed by atoms with Crippen molar-refractivity contribution in [3.8, 4) is 5.75 Å². The van der Waals surface area contributed by atoms with E-state index in [1.807, 2.05) is 24.3 Å². The first kappa shape index (κ1) is 13.5. The van der Waals surface area contributed by atoms with Crippen molar-refractivity contribution in [2.45, 2.75) is 24.2 Å². The molecule has 0 bridgehead atoms. The van der Waals surface area contributed by atoms with Gasteiger partial charge in [0.1, 0.15) is 10.1 Å². The smallest absolute Gasteiger partial charge is 0.229 e. The van der Waals surface area contributed by atoms with Gasteiger partial charge in [0, 0.05) is 6.54 Å². The number of nitrogens with one attached hydrogen (secondary N) is 1. The highest BCUT2D eigenvalue weighted by molar-refractivity contribution is 6.53. The zero-order valence-corrected chi connectivity index (χ0v) is 11.8. The number of carbonyl (C=O) groups is 1. The largest absolute Gasteiger partial charge is 0.497 e. The molecule has 5 heteroatoms. The van der Waals surface area contributed by atoms with Gasteiger partial charge in [0.15, 0.2) is 0 Å². The van der Waals surface area contributed by atoms with Gasteiger partial charge in [-0.2, -0.15) is 0 Å². The molecule has 1 N–H and O–H groups in total. The van der Waals surface area contributed by atoms with E-state index >= 15 is 0 Å². The molecule has 1 aliphatic carbocycles. The van der Waals surface area contributed by atoms with Crippen molar-refractivity contribution in [2.75, 3.05) is 7.11 Å². The first-order chi connectivity index (χ1) is 8.39. The Hall–Kier alpha value is -0.930. The molecule has 0 spiro atoms. The summed E-state index contributed by atoms with van der Waals surface area (Å²) in [7, 11) is 1.61. The Kier molecular flexibility index (Phi) is 3.47. The molecule has 1 saturated carbocycles. The lowest BCUT2D eigenvalue weighted by Gasteiger charge is -2.13. The molecule has 0 unspecified atom stereocenters. The number of ether oxygens (including phenoxy) is 1. The maximum absolute atomic E-state index is 12.0. The Labute approximate surface area is 116 Å². The minimum atomic E-state index is -0.925. The average Bonchev–Trinajstić information content (AvgIpc) is 2.87. The Morgan fingerprint density at radius 3 is 2.72 bits per heavy atom. The molecule has 98 valence electrons. The van der Waals surface area contributed by atoms with Crippen molar-refractivity contribution in [1.29, 1.82) is 0 Å². The van der Waals surface area contributed by atoms with Gasteiger partial charge in [0.05, 0.1) is 12.5 Å². The van der Waals surface area contributed by atoms with Crippen LogP contribution < -0.4 is 10.1 Å². The highest BCUT2D eigenvalue weighted by Gasteiger charge is 2.67. The summed E-state index contributed by atoms with van der Waals surface area (Å²) in [4.78, 5) is 12.0. The molecule has 1 atom stereocenters. The summed E-state index contributed by atoms with van der Waals surface area (Å²) in [6.07, 6.45) is 0.493. The fourth-order valence-electron chi connectivity index (χ4n) is 1.81. The summed E-state index contributed by atoms with van der Waals surface area (Å²) in [5.74, 6) is 0.652. The molecule has 1 aliphatic rings. The van der Waals surface area contributed by atoms with Crippen LogP contribution in [0.1, 0.15) is 18.9 Å². The predicted molar refractivity (Wildman–Crippen MR) is 72.0 cm³/mol. The van der Waals surface area contributed by atoms with Crippen molar-refractivity contribution < 1.29 is 9.53 Å². The second kappa shape index (κ2) is 4.63. The second-order valence-electron chi connectivity index (χ2n) is 4.75. The molecule has 1 aromatic rings. The van der Waals surface area contributed by atoms with Crippen LogP contribution in [0.3, 0.4) is 0 Å². The maximum Gasteiger partial charge on any atom is 0.229 e. The predicted octanol–water partition coefficient (Wildman–Crippen LogP) is 2.90. The second-order valence-corrected chi connectivity index (χ2v) is 6.23. The first-order valence-corrected chi connectivity index (χ1v) is 6.44. The number of rotatable bonds is 4. The summed E-state index contributed by atoms with van der Waals surface area (Å²) in [6, 6.07) is 7.54. The Balaban J connectivity index is 1.94. The molecule has 1 fully saturated rings. The van der Waals surface area contributed by atoms with Gasteiger partial charge in [-0.05, 0) is 31.0 Å². The normalized spacial score (nSPS) is 24.4. The number of hydrogen-bond donors (Lipinski definition) is 1. The van der Waals surface area contributed by atoms with Crippen molar-refractivity contribution in [3.05, 3.63) is 29.8 Å². The summed E-state index contributed by atoms with van der Waals surface area (Å²) < 4.78 is 4.19. The number of amides is 1. The average molecular weight is 288 g/mol. The Bertz CT molecular complexity index is 476. The highest BCUT2D eigenvalue weighted by Crippen LogP contribution is 2.63. The van der Waals surface area contributed by atoms with Gasteiger partial charge in [-0.3, -0.25) is 4.79 Å². The number of alkyl halides is 2. The van der Waals surface area contributed by atoms with Gasteiger partial charge in [-0.15, -0.1) is 23.2 Å². The monoisotopic (exact) mass is 287 g/mol. The molecule has 3 nitrogen and oxygen atoms in total. The quantitative estimate of drug-likeness (QED) is 0.865. The van der Waals surface area contributed by atoms with Gasteiger partial charge in [-0.25, -0.2) is 0 Å². The third-order valence-corrected chi connectivity index (χ3v) is 4.45. The standard InChI is InChI=1S/C13H15Cl2NO2/c1-12(8-13(12,14)15)11(17)16-7-9-4-3-5-10(6-9)18-2/h3-6H,7-8H2,1-2H3,(H,16,17)/t12-/m0/s1. The fraction of sp³-hybridized carbons (Fsp3) is 0.462. The number of carbonyl (C=O) groups excluding carboxylic acids is 1. The third kappa shape index (κ3) is 2.43. The number of benzene rings is 1. The first-order valence-electron chi connectivity index (χ1n) is 5.68. The van der Waals surface area contributed by atoms with Crippen molar-refractivity contribution >= 4 is 29.1 Å². The summed E-state index contributed by atoms with van der Waals surface area (Å²) >= 11 is 11.9. The van der Waals surface area contributed by atoms with Crippen LogP contribution in [0.15, 0.2) is 24.3 Å². The number of halogens is 2. The zero-order valence-electron chi connectivity index (χ0n) is 10.3. The maximum atomic E-state index is 12.0. The van der Waals surface area contributed by atoms with Crippen LogP contribution in [-0.4, -0.2) is 17.4 Å². The molecular weight excluding hydrogens is 273 g/mol. The molecule has 1 amide bonds. The van der Waals surface area contributed by atoms with Gasteiger partial charge < -0.3 is 10.1 Å². The van der Waals surface area contributed by atoms with Crippen LogP contribution in [0.25, 0.3) is 0 Å². The molecule has 0 aliphatic heterocycles. The Morgan fingerprint density at radius 2 is 2.17 bits per heavy atom. The molecule has 0 saturated heterocycles. The van der Waals surface area contributed by atoms with E-state index in [9.17, 15) is 4.79 Å². The number of methoxy groups -OCH3 is 1. The highest BCUT2D eigenvalue weighted by atomic mass is 35.5. The van der Waals surface area contributed by atoms with Crippen LogP contribution in [0.5, 0.6) is 5.75 Å². The van der Waals surface area contributed by atoms with Crippen LogP contribution in [0, 0.1) is 5.41 Å². The van der Waals surface area contributed by atoms with Crippen molar-refractivity contribution in [1.82, 2.24) is 5.32 Å². The van der Waals surface area contributed by atoms with E-state index in [-0.39, 0.29) is 5.91 Å². The van der Waals surface area contributed by atoms with Crippen LogP contribution >= 0.6 is 23.2 Å². The van der Waals surface area contributed by atoms with Gasteiger partial charge in [0.2, 0.25) is 5.91 Å². The molecule has 0 aromatic heterocycles. The van der Waals surface area contributed by atoms with E-state index in [0.29, 0.717) is 13.0 Å². The molecule has 0 radical (unpaired) electrons. The van der Waals surface area contributed by atoms with E-state index < -0.39 is 9.75 Å². The Morgan fingerprint density at radius 1 is 1.50 bits per heavy atom. The molecular formula is C13H15Cl2NO2. The lowest BCUT2D eigenvalue weighted by molar-refractivity contribution is -0.125. The fourth-order valence-corrected chi connectivity index (χ4v) is 2.51. The minimum absolute atomic E-state index is 0.115. The lowest BCUT2D eigenvalue weighted by atomic mass is 10.1. The SMILES string of the molecule is COc1cccc(CNC(=O)[C@]2(C)CC2(Cl)Cl)c1. The summed E-state index contributed by atoms with van der Waals surface area (Å²) in [5.41, 5.74) is 0.302. The zero-order chi connectivity index (χ0) is 13.4. The molecule has 2 rings (SSSR count). The van der Waals surface area contributed by atoms with E-state index in [0.717, 1.165) is 11.3 Å². The van der Waals surface area contributed by atoms with Gasteiger partial charge in [-0.1, -0.05) is 12.1 Å². The van der Waals surface area contributed by atoms with Gasteiger partial charge in [0.25, 0.3) is 0 Å². The minimum Gasteiger partial charge on any atom is -0.497 e. The van der Waals surface area contributed by atoms with Gasteiger partial charge >= 0.3 is 0 Å². The molecule has 18 heavy (non-hydrogen) atoms. The van der Waals surface area contributed by atoms with Crippen LogP contribution in [0.4, 0.5) is 0 Å². The van der Waals surface area contributed by atoms with Crippen LogP contribution in [-0.2, 0) is 11.3 Å². The van der Waals surface area contributed by atoms with Crippen LogP contribution in [0.2, 0.25) is 0 Å². The van der Waals surface area contributed by atoms with E-state index in [1.54, 1.807) is 14.0 Å². The third-order valence-electron chi connectivity index (χ3n) is 3.35. The van der Waals surface area contributed by atoms with E-state index in [2.05, 4.69) is 5.32 Å². The van der Waals surface area contributed by atoms with E-state index in [1.165, 1.54) is 0 Å². The topological polar surface area (TPSA) is 38.3 Å². The molecule has 0 heterocycles. The van der Waals surface area contributed by atoms with E-state index in [4.69, 9.17) is 27.9 Å². The van der Waals surface area contributed by atoms with Crippen molar-refractivity contribution in [2.24, 2.45) is 5.41 Å². The number of hydrogen-bond acceptors (Lipinski definition) is 2. The van der Waals surface area contributed by atoms with Crippen molar-refractivity contribution in [3.63, 3.8) is 0 Å².